The van der Waals surface area contributed by atoms with E-state index < -0.39 is 9.84 Å². The maximum absolute atomic E-state index is 11.5. The third-order valence-corrected chi connectivity index (χ3v) is 3.64. The summed E-state index contributed by atoms with van der Waals surface area (Å²) in [6, 6.07) is 3.56. The second-order valence-electron chi connectivity index (χ2n) is 4.42. The number of hydrogen-bond acceptors (Lipinski definition) is 8. The Labute approximate surface area is 119 Å². The van der Waals surface area contributed by atoms with E-state index in [4.69, 9.17) is 5.73 Å². The lowest BCUT2D eigenvalue weighted by molar-refractivity contribution is 0.592. The van der Waals surface area contributed by atoms with Gasteiger partial charge in [0.05, 0.1) is 0 Å². The van der Waals surface area contributed by atoms with Gasteiger partial charge in [0.15, 0.2) is 5.82 Å². The van der Waals surface area contributed by atoms with Crippen molar-refractivity contribution in [1.29, 1.82) is 0 Å². The Bertz CT molecular complexity index is 948. The number of fused-ring (bicyclic) bond motifs is 1. The first-order valence-electron chi connectivity index (χ1n) is 5.88. The number of aryl methyl sites for hydroxylation is 1. The van der Waals surface area contributed by atoms with E-state index in [2.05, 4.69) is 25.0 Å². The van der Waals surface area contributed by atoms with Gasteiger partial charge in [-0.3, -0.25) is 4.98 Å². The van der Waals surface area contributed by atoms with Crippen LogP contribution in [0.15, 0.2) is 23.5 Å². The molecule has 108 valence electrons. The SMILES string of the molecule is Cc1ncccc1-c1nc2nc(S(C)(=O)=O)nc(N)n2n1. The Kier molecular flexibility index (Phi) is 2.83. The average Bonchev–Trinajstić information content (AvgIpc) is 2.82. The zero-order valence-corrected chi connectivity index (χ0v) is 12.0. The van der Waals surface area contributed by atoms with E-state index in [-0.39, 0.29) is 16.9 Å². The van der Waals surface area contributed by atoms with Gasteiger partial charge in [-0.1, -0.05) is 0 Å². The Morgan fingerprint density at radius 3 is 2.67 bits per heavy atom. The number of aromatic nitrogens is 6. The van der Waals surface area contributed by atoms with Crippen molar-refractivity contribution >= 4 is 21.6 Å². The first kappa shape index (κ1) is 13.4. The minimum atomic E-state index is -3.58. The number of nitrogen functional groups attached to an aromatic ring is 1. The molecule has 0 saturated heterocycles. The summed E-state index contributed by atoms with van der Waals surface area (Å²) < 4.78 is 24.2. The molecular formula is C11H11N7O2S. The summed E-state index contributed by atoms with van der Waals surface area (Å²) in [4.78, 5) is 15.9. The van der Waals surface area contributed by atoms with Crippen molar-refractivity contribution in [1.82, 2.24) is 29.5 Å². The summed E-state index contributed by atoms with van der Waals surface area (Å²) in [5, 5.41) is 3.81. The molecule has 3 rings (SSSR count). The van der Waals surface area contributed by atoms with E-state index in [1.807, 2.05) is 6.92 Å². The highest BCUT2D eigenvalue weighted by molar-refractivity contribution is 7.90. The predicted octanol–water partition coefficient (Wildman–Crippen LogP) is -0.125. The van der Waals surface area contributed by atoms with Gasteiger partial charge in [-0.15, -0.1) is 5.10 Å². The fourth-order valence-electron chi connectivity index (χ4n) is 1.79. The number of sulfone groups is 1. The van der Waals surface area contributed by atoms with Crippen molar-refractivity contribution in [2.24, 2.45) is 0 Å². The Hall–Kier alpha value is -2.62. The van der Waals surface area contributed by atoms with Crippen LogP contribution in [0.3, 0.4) is 0 Å². The lowest BCUT2D eigenvalue weighted by Crippen LogP contribution is -2.11. The number of hydrogen-bond donors (Lipinski definition) is 1. The third-order valence-electron chi connectivity index (χ3n) is 2.79. The molecule has 0 saturated carbocycles. The lowest BCUT2D eigenvalue weighted by atomic mass is 10.2. The van der Waals surface area contributed by atoms with Crippen LogP contribution in [0.2, 0.25) is 0 Å². The molecule has 10 heteroatoms. The standard InChI is InChI=1S/C11H11N7O2S/c1-6-7(4-3-5-13-6)8-14-10-16-11(21(2,19)20)15-9(12)18(10)17-8/h3-5H,1-2H3,(H2,12,14,15,16,17). The van der Waals surface area contributed by atoms with Gasteiger partial charge < -0.3 is 5.73 Å². The molecule has 3 heterocycles. The molecule has 0 aliphatic carbocycles. The topological polar surface area (TPSA) is 129 Å². The molecule has 0 bridgehead atoms. The van der Waals surface area contributed by atoms with E-state index in [1.165, 1.54) is 4.52 Å². The van der Waals surface area contributed by atoms with Crippen LogP contribution in [0.5, 0.6) is 0 Å². The van der Waals surface area contributed by atoms with E-state index >= 15 is 0 Å². The normalized spacial score (nSPS) is 11.9. The van der Waals surface area contributed by atoms with Gasteiger partial charge in [-0.25, -0.2) is 8.42 Å². The third kappa shape index (κ3) is 2.29. The van der Waals surface area contributed by atoms with Crippen molar-refractivity contribution in [2.45, 2.75) is 12.1 Å². The quantitative estimate of drug-likeness (QED) is 0.693. The molecular weight excluding hydrogens is 294 g/mol. The first-order chi connectivity index (χ1) is 9.86. The second kappa shape index (κ2) is 4.45. The number of anilines is 1. The smallest absolute Gasteiger partial charge is 0.258 e. The molecule has 0 unspecified atom stereocenters. The highest BCUT2D eigenvalue weighted by Crippen LogP contribution is 2.19. The Balaban J connectivity index is 2.26. The maximum Gasteiger partial charge on any atom is 0.258 e. The molecule has 3 aromatic heterocycles. The van der Waals surface area contributed by atoms with Crippen LogP contribution < -0.4 is 5.73 Å². The molecule has 0 atom stereocenters. The highest BCUT2D eigenvalue weighted by Gasteiger charge is 2.18. The summed E-state index contributed by atoms with van der Waals surface area (Å²) >= 11 is 0. The minimum Gasteiger partial charge on any atom is -0.368 e. The van der Waals surface area contributed by atoms with Gasteiger partial charge in [0, 0.05) is 23.7 Å². The summed E-state index contributed by atoms with van der Waals surface area (Å²) in [5.74, 6) is 0.328. The largest absolute Gasteiger partial charge is 0.368 e. The van der Waals surface area contributed by atoms with Crippen LogP contribution in [0.1, 0.15) is 5.69 Å². The van der Waals surface area contributed by atoms with Crippen molar-refractivity contribution in [3.05, 3.63) is 24.0 Å². The number of rotatable bonds is 2. The number of nitrogens with zero attached hydrogens (tertiary/aromatic N) is 6. The molecule has 0 aliphatic rings. The van der Waals surface area contributed by atoms with Crippen LogP contribution in [0.4, 0.5) is 5.95 Å². The van der Waals surface area contributed by atoms with Crippen LogP contribution in [-0.4, -0.2) is 44.2 Å². The number of nitrogens with two attached hydrogens (primary N) is 1. The van der Waals surface area contributed by atoms with Crippen molar-refractivity contribution in [2.75, 3.05) is 12.0 Å². The average molecular weight is 305 g/mol. The lowest BCUT2D eigenvalue weighted by Gasteiger charge is -1.99. The fraction of sp³-hybridized carbons (Fsp3) is 0.182. The summed E-state index contributed by atoms with van der Waals surface area (Å²) in [6.07, 6.45) is 2.66. The van der Waals surface area contributed by atoms with E-state index in [9.17, 15) is 8.42 Å². The molecule has 0 spiro atoms. The van der Waals surface area contributed by atoms with Gasteiger partial charge in [0.2, 0.25) is 15.8 Å². The maximum atomic E-state index is 11.5. The van der Waals surface area contributed by atoms with Gasteiger partial charge in [-0.2, -0.15) is 19.5 Å². The fourth-order valence-corrected chi connectivity index (χ4v) is 2.29. The van der Waals surface area contributed by atoms with Crippen LogP contribution >= 0.6 is 0 Å². The Morgan fingerprint density at radius 1 is 1.24 bits per heavy atom. The van der Waals surface area contributed by atoms with E-state index in [0.717, 1.165) is 11.9 Å². The molecule has 3 aromatic rings. The van der Waals surface area contributed by atoms with Crippen LogP contribution in [0.25, 0.3) is 17.2 Å². The minimum absolute atomic E-state index is 0.0705. The predicted molar refractivity (Wildman–Crippen MR) is 74.1 cm³/mol. The van der Waals surface area contributed by atoms with E-state index in [1.54, 1.807) is 18.3 Å². The van der Waals surface area contributed by atoms with Crippen molar-refractivity contribution in [3.63, 3.8) is 0 Å². The summed E-state index contributed by atoms with van der Waals surface area (Å²) in [7, 11) is -3.58. The molecule has 0 aromatic carbocycles. The molecule has 0 amide bonds. The zero-order chi connectivity index (χ0) is 15.2. The monoisotopic (exact) mass is 305 g/mol. The van der Waals surface area contributed by atoms with Crippen LogP contribution in [0, 0.1) is 6.92 Å². The van der Waals surface area contributed by atoms with Gasteiger partial charge in [0.25, 0.3) is 10.9 Å². The highest BCUT2D eigenvalue weighted by atomic mass is 32.2. The van der Waals surface area contributed by atoms with Crippen LogP contribution in [-0.2, 0) is 9.84 Å². The van der Waals surface area contributed by atoms with E-state index in [0.29, 0.717) is 11.4 Å². The van der Waals surface area contributed by atoms with Gasteiger partial charge >= 0.3 is 0 Å². The number of pyridine rings is 1. The molecule has 2 N–H and O–H groups in total. The summed E-state index contributed by atoms with van der Waals surface area (Å²) in [6.45, 7) is 1.82. The van der Waals surface area contributed by atoms with Gasteiger partial charge in [-0.05, 0) is 19.1 Å². The van der Waals surface area contributed by atoms with Gasteiger partial charge in [0.1, 0.15) is 0 Å². The summed E-state index contributed by atoms with van der Waals surface area (Å²) in [5.41, 5.74) is 7.16. The Morgan fingerprint density at radius 2 is 2.00 bits per heavy atom. The molecule has 9 nitrogen and oxygen atoms in total. The van der Waals surface area contributed by atoms with Crippen molar-refractivity contribution < 1.29 is 8.42 Å². The second-order valence-corrected chi connectivity index (χ2v) is 6.33. The first-order valence-corrected chi connectivity index (χ1v) is 7.78. The molecule has 0 radical (unpaired) electrons. The molecule has 0 aliphatic heterocycles. The van der Waals surface area contributed by atoms with Crippen molar-refractivity contribution in [3.8, 4) is 11.4 Å². The zero-order valence-electron chi connectivity index (χ0n) is 11.2. The molecule has 0 fully saturated rings. The molecule has 21 heavy (non-hydrogen) atoms.